The Morgan fingerprint density at radius 3 is 2.26 bits per heavy atom. The minimum Gasteiger partial charge on any atom is -0.508 e. The molecule has 0 atom stereocenters. The predicted molar refractivity (Wildman–Crippen MR) is 70.4 cm³/mol. The summed E-state index contributed by atoms with van der Waals surface area (Å²) in [5, 5.41) is 19.6. The monoisotopic (exact) mass is 259 g/mol. The van der Waals surface area contributed by atoms with Crippen molar-refractivity contribution in [3.8, 4) is 11.5 Å². The zero-order chi connectivity index (χ0) is 13.7. The number of hydrogen-bond donors (Lipinski definition) is 1. The molecule has 0 saturated carbocycles. The summed E-state index contributed by atoms with van der Waals surface area (Å²) >= 11 is 0. The molecular formula is C14H13NO4. The summed E-state index contributed by atoms with van der Waals surface area (Å²) in [7, 11) is 0. The van der Waals surface area contributed by atoms with Gasteiger partial charge >= 0.3 is 0 Å². The Bertz CT molecular complexity index is 549. The molecule has 98 valence electrons. The third-order valence-electron chi connectivity index (χ3n) is 2.64. The number of nitrogens with zero attached hydrogens (tertiary/aromatic N) is 1. The van der Waals surface area contributed by atoms with Gasteiger partial charge in [0.1, 0.15) is 11.5 Å². The van der Waals surface area contributed by atoms with Crippen LogP contribution in [0.25, 0.3) is 0 Å². The van der Waals surface area contributed by atoms with E-state index in [2.05, 4.69) is 0 Å². The van der Waals surface area contributed by atoms with Crippen molar-refractivity contribution in [2.24, 2.45) is 0 Å². The number of non-ortho nitro benzene ring substituents is 1. The summed E-state index contributed by atoms with van der Waals surface area (Å²) in [6.45, 7) is 0.475. The summed E-state index contributed by atoms with van der Waals surface area (Å²) in [5.41, 5.74) is 1.06. The maximum absolute atomic E-state index is 10.5. The molecule has 0 aliphatic heterocycles. The smallest absolute Gasteiger partial charge is 0.269 e. The van der Waals surface area contributed by atoms with Crippen LogP contribution < -0.4 is 4.74 Å². The molecule has 2 aromatic rings. The molecule has 0 heterocycles. The minimum absolute atomic E-state index is 0.0863. The zero-order valence-electron chi connectivity index (χ0n) is 10.2. The second-order valence-electron chi connectivity index (χ2n) is 4.02. The van der Waals surface area contributed by atoms with Gasteiger partial charge in [0.25, 0.3) is 5.69 Å². The number of phenolic OH excluding ortho intramolecular Hbond substituents is 1. The lowest BCUT2D eigenvalue weighted by Gasteiger charge is -2.06. The second-order valence-corrected chi connectivity index (χ2v) is 4.02. The van der Waals surface area contributed by atoms with Gasteiger partial charge in [-0.15, -0.1) is 0 Å². The first-order chi connectivity index (χ1) is 9.15. The zero-order valence-corrected chi connectivity index (χ0v) is 10.2. The van der Waals surface area contributed by atoms with E-state index in [1.54, 1.807) is 36.4 Å². The number of ether oxygens (including phenoxy) is 1. The summed E-state index contributed by atoms with van der Waals surface area (Å²) in [6, 6.07) is 12.9. The van der Waals surface area contributed by atoms with Crippen LogP contribution in [0.3, 0.4) is 0 Å². The van der Waals surface area contributed by atoms with Crippen molar-refractivity contribution in [1.82, 2.24) is 0 Å². The fraction of sp³-hybridized carbons (Fsp3) is 0.143. The molecule has 0 aliphatic rings. The van der Waals surface area contributed by atoms with E-state index in [0.29, 0.717) is 18.8 Å². The van der Waals surface area contributed by atoms with Gasteiger partial charge in [-0.05, 0) is 29.8 Å². The highest BCUT2D eigenvalue weighted by atomic mass is 16.6. The van der Waals surface area contributed by atoms with Crippen molar-refractivity contribution in [2.75, 3.05) is 6.61 Å². The van der Waals surface area contributed by atoms with Crippen LogP contribution in [-0.4, -0.2) is 16.6 Å². The van der Waals surface area contributed by atoms with Crippen LogP contribution in [0, 0.1) is 10.1 Å². The molecule has 0 radical (unpaired) electrons. The van der Waals surface area contributed by atoms with E-state index >= 15 is 0 Å². The molecule has 2 rings (SSSR count). The highest BCUT2D eigenvalue weighted by Gasteiger charge is 2.03. The first-order valence-corrected chi connectivity index (χ1v) is 5.80. The molecule has 19 heavy (non-hydrogen) atoms. The van der Waals surface area contributed by atoms with Gasteiger partial charge in [-0.25, -0.2) is 0 Å². The summed E-state index contributed by atoms with van der Waals surface area (Å²) in [4.78, 5) is 10.1. The van der Waals surface area contributed by atoms with E-state index in [-0.39, 0.29) is 11.4 Å². The van der Waals surface area contributed by atoms with Gasteiger partial charge in [0, 0.05) is 18.6 Å². The van der Waals surface area contributed by atoms with Gasteiger partial charge in [0.15, 0.2) is 0 Å². The molecule has 5 heteroatoms. The minimum atomic E-state index is -0.420. The lowest BCUT2D eigenvalue weighted by molar-refractivity contribution is -0.384. The standard InChI is InChI=1S/C14H13NO4/c16-13-5-7-14(8-6-13)19-10-9-11-1-3-12(4-2-11)15(17)18/h1-8,16H,9-10H2. The largest absolute Gasteiger partial charge is 0.508 e. The third kappa shape index (κ3) is 3.70. The SMILES string of the molecule is O=[N+]([O-])c1ccc(CCOc2ccc(O)cc2)cc1. The molecule has 0 fully saturated rings. The highest BCUT2D eigenvalue weighted by molar-refractivity contribution is 5.33. The number of rotatable bonds is 5. The van der Waals surface area contributed by atoms with Crippen molar-refractivity contribution in [3.63, 3.8) is 0 Å². The van der Waals surface area contributed by atoms with E-state index in [1.165, 1.54) is 12.1 Å². The molecule has 0 amide bonds. The van der Waals surface area contributed by atoms with Gasteiger partial charge in [0.05, 0.1) is 11.5 Å². The predicted octanol–water partition coefficient (Wildman–Crippen LogP) is 2.92. The number of hydrogen-bond acceptors (Lipinski definition) is 4. The topological polar surface area (TPSA) is 72.6 Å². The van der Waals surface area contributed by atoms with Crippen molar-refractivity contribution in [2.45, 2.75) is 6.42 Å². The van der Waals surface area contributed by atoms with E-state index in [9.17, 15) is 10.1 Å². The third-order valence-corrected chi connectivity index (χ3v) is 2.64. The number of benzene rings is 2. The molecule has 0 bridgehead atoms. The van der Waals surface area contributed by atoms with Gasteiger partial charge < -0.3 is 9.84 Å². The first kappa shape index (κ1) is 12.9. The molecule has 0 aliphatic carbocycles. The van der Waals surface area contributed by atoms with Crippen molar-refractivity contribution < 1.29 is 14.8 Å². The van der Waals surface area contributed by atoms with Crippen molar-refractivity contribution >= 4 is 5.69 Å². The molecule has 0 spiro atoms. The molecular weight excluding hydrogens is 246 g/mol. The van der Waals surface area contributed by atoms with Gasteiger partial charge in [-0.2, -0.15) is 0 Å². The maximum Gasteiger partial charge on any atom is 0.269 e. The van der Waals surface area contributed by atoms with Crippen molar-refractivity contribution in [3.05, 3.63) is 64.2 Å². The normalized spacial score (nSPS) is 10.1. The number of nitro groups is 1. The Labute approximate surface area is 110 Å². The Balaban J connectivity index is 1.85. The van der Waals surface area contributed by atoms with E-state index in [1.807, 2.05) is 0 Å². The molecule has 2 aromatic carbocycles. The Morgan fingerprint density at radius 1 is 1.05 bits per heavy atom. The molecule has 5 nitrogen and oxygen atoms in total. The molecule has 0 saturated heterocycles. The quantitative estimate of drug-likeness (QED) is 0.661. The van der Waals surface area contributed by atoms with Crippen LogP contribution in [0.4, 0.5) is 5.69 Å². The van der Waals surface area contributed by atoms with E-state index < -0.39 is 4.92 Å². The lowest BCUT2D eigenvalue weighted by atomic mass is 10.1. The summed E-state index contributed by atoms with van der Waals surface area (Å²) in [5.74, 6) is 0.877. The number of phenols is 1. The fourth-order valence-electron chi connectivity index (χ4n) is 1.61. The summed E-state index contributed by atoms with van der Waals surface area (Å²) < 4.78 is 5.50. The molecule has 0 aromatic heterocycles. The van der Waals surface area contributed by atoms with Crippen LogP contribution in [-0.2, 0) is 6.42 Å². The average molecular weight is 259 g/mol. The number of aromatic hydroxyl groups is 1. The van der Waals surface area contributed by atoms with Gasteiger partial charge in [0.2, 0.25) is 0 Å². The van der Waals surface area contributed by atoms with Gasteiger partial charge in [-0.1, -0.05) is 12.1 Å². The Hall–Kier alpha value is -2.56. The first-order valence-electron chi connectivity index (χ1n) is 5.80. The average Bonchev–Trinajstić information content (AvgIpc) is 2.41. The van der Waals surface area contributed by atoms with E-state index in [0.717, 1.165) is 5.56 Å². The van der Waals surface area contributed by atoms with Crippen LogP contribution in [0.15, 0.2) is 48.5 Å². The van der Waals surface area contributed by atoms with Crippen LogP contribution in [0.1, 0.15) is 5.56 Å². The molecule has 1 N–H and O–H groups in total. The highest BCUT2D eigenvalue weighted by Crippen LogP contribution is 2.16. The number of nitro benzene ring substituents is 1. The Morgan fingerprint density at radius 2 is 1.68 bits per heavy atom. The van der Waals surface area contributed by atoms with Crippen LogP contribution in [0.5, 0.6) is 11.5 Å². The van der Waals surface area contributed by atoms with Crippen LogP contribution in [0.2, 0.25) is 0 Å². The van der Waals surface area contributed by atoms with Crippen LogP contribution >= 0.6 is 0 Å². The summed E-state index contributed by atoms with van der Waals surface area (Å²) in [6.07, 6.45) is 0.666. The lowest BCUT2D eigenvalue weighted by Crippen LogP contribution is -2.01. The van der Waals surface area contributed by atoms with E-state index in [4.69, 9.17) is 9.84 Å². The molecule has 0 unspecified atom stereocenters. The van der Waals surface area contributed by atoms with Crippen molar-refractivity contribution in [1.29, 1.82) is 0 Å². The Kier molecular flexibility index (Phi) is 3.97. The van der Waals surface area contributed by atoms with Gasteiger partial charge in [-0.3, -0.25) is 10.1 Å². The fourth-order valence-corrected chi connectivity index (χ4v) is 1.61. The maximum atomic E-state index is 10.5. The second kappa shape index (κ2) is 5.86.